The van der Waals surface area contributed by atoms with Crippen LogP contribution in [0.15, 0.2) is 17.2 Å². The Bertz CT molecular complexity index is 568. The summed E-state index contributed by atoms with van der Waals surface area (Å²) in [5, 5.41) is 4.03. The van der Waals surface area contributed by atoms with E-state index in [0.29, 0.717) is 6.42 Å². The predicted molar refractivity (Wildman–Crippen MR) is 61.2 cm³/mol. The number of hydrogen-bond acceptors (Lipinski definition) is 3. The molecule has 0 atom stereocenters. The number of hydrogen-bond donors (Lipinski definition) is 1. The molecule has 2 rings (SSSR count). The van der Waals surface area contributed by atoms with Crippen LogP contribution in [-0.2, 0) is 13.5 Å². The van der Waals surface area contributed by atoms with Crippen LogP contribution in [0.4, 0.5) is 0 Å². The summed E-state index contributed by atoms with van der Waals surface area (Å²) in [6.07, 6.45) is 2.21. The zero-order valence-corrected chi connectivity index (χ0v) is 9.61. The normalized spacial score (nSPS) is 10.7. The van der Waals surface area contributed by atoms with Gasteiger partial charge in [0.25, 0.3) is 5.56 Å². The van der Waals surface area contributed by atoms with Crippen LogP contribution in [0, 0.1) is 6.92 Å². The number of nitrogens with one attached hydrogen (secondary N) is 1. The number of rotatable bonds is 2. The number of aromatic amines is 1. The van der Waals surface area contributed by atoms with Crippen molar-refractivity contribution in [2.45, 2.75) is 20.3 Å². The van der Waals surface area contributed by atoms with Gasteiger partial charge >= 0.3 is 0 Å². The quantitative estimate of drug-likeness (QED) is 0.819. The second-order valence-electron chi connectivity index (χ2n) is 3.72. The van der Waals surface area contributed by atoms with Gasteiger partial charge in [0.05, 0.1) is 0 Å². The largest absolute Gasteiger partial charge is 0.326 e. The van der Waals surface area contributed by atoms with Crippen molar-refractivity contribution in [2.75, 3.05) is 0 Å². The minimum atomic E-state index is -0.0223. The van der Waals surface area contributed by atoms with Gasteiger partial charge in [0.15, 0.2) is 5.82 Å². The topological polar surface area (TPSA) is 63.6 Å². The van der Waals surface area contributed by atoms with E-state index >= 15 is 0 Å². The average Bonchev–Trinajstić information content (AvgIpc) is 2.65. The highest BCUT2D eigenvalue weighted by Crippen LogP contribution is 2.18. The highest BCUT2D eigenvalue weighted by molar-refractivity contribution is 5.58. The average molecular weight is 218 g/mol. The molecule has 0 spiro atoms. The predicted octanol–water partition coefficient (Wildman–Crippen LogP) is 1.04. The number of aryl methyl sites for hydroxylation is 3. The maximum absolute atomic E-state index is 11.6. The number of H-pyrrole nitrogens is 1. The Hall–Kier alpha value is -1.91. The van der Waals surface area contributed by atoms with Gasteiger partial charge in [-0.25, -0.2) is 9.67 Å². The van der Waals surface area contributed by atoms with Crippen LogP contribution >= 0.6 is 0 Å². The molecule has 5 heteroatoms. The van der Waals surface area contributed by atoms with Crippen molar-refractivity contribution in [1.29, 1.82) is 0 Å². The Balaban J connectivity index is 2.66. The van der Waals surface area contributed by atoms with E-state index in [0.717, 1.165) is 22.6 Å². The van der Waals surface area contributed by atoms with Gasteiger partial charge in [-0.2, -0.15) is 5.10 Å². The first-order chi connectivity index (χ1) is 7.63. The van der Waals surface area contributed by atoms with Crippen molar-refractivity contribution < 1.29 is 0 Å². The zero-order valence-electron chi connectivity index (χ0n) is 9.61. The van der Waals surface area contributed by atoms with E-state index < -0.39 is 0 Å². The van der Waals surface area contributed by atoms with Crippen LogP contribution < -0.4 is 5.56 Å². The van der Waals surface area contributed by atoms with Crippen LogP contribution in [0.3, 0.4) is 0 Å². The van der Waals surface area contributed by atoms with Crippen molar-refractivity contribution >= 4 is 0 Å². The van der Waals surface area contributed by atoms with Gasteiger partial charge in [-0.1, -0.05) is 6.92 Å². The summed E-state index contributed by atoms with van der Waals surface area (Å²) in [4.78, 5) is 18.6. The molecule has 0 saturated heterocycles. The summed E-state index contributed by atoms with van der Waals surface area (Å²) in [7, 11) is 1.83. The SMILES string of the molecule is CCc1cc(-c2ncnn2C)c(C)[nH]c1=O. The second-order valence-corrected chi connectivity index (χ2v) is 3.72. The molecule has 1 N–H and O–H groups in total. The Kier molecular flexibility index (Phi) is 2.60. The third-order valence-electron chi connectivity index (χ3n) is 2.65. The summed E-state index contributed by atoms with van der Waals surface area (Å²) in [6.45, 7) is 3.82. The maximum Gasteiger partial charge on any atom is 0.251 e. The third kappa shape index (κ3) is 1.64. The van der Waals surface area contributed by atoms with E-state index in [9.17, 15) is 4.79 Å². The van der Waals surface area contributed by atoms with E-state index in [-0.39, 0.29) is 5.56 Å². The minimum Gasteiger partial charge on any atom is -0.326 e. The number of pyridine rings is 1. The Morgan fingerprint density at radius 3 is 2.81 bits per heavy atom. The van der Waals surface area contributed by atoms with Crippen LogP contribution in [0.5, 0.6) is 0 Å². The lowest BCUT2D eigenvalue weighted by Crippen LogP contribution is -2.14. The summed E-state index contributed by atoms with van der Waals surface area (Å²) >= 11 is 0. The molecule has 16 heavy (non-hydrogen) atoms. The van der Waals surface area contributed by atoms with Crippen molar-refractivity contribution in [1.82, 2.24) is 19.7 Å². The van der Waals surface area contributed by atoms with Gasteiger partial charge in [-0.3, -0.25) is 4.79 Å². The fraction of sp³-hybridized carbons (Fsp3) is 0.364. The molecule has 0 aliphatic carbocycles. The lowest BCUT2D eigenvalue weighted by molar-refractivity contribution is 0.772. The fourth-order valence-electron chi connectivity index (χ4n) is 1.70. The van der Waals surface area contributed by atoms with Crippen molar-refractivity contribution in [3.8, 4) is 11.4 Å². The van der Waals surface area contributed by atoms with Crippen LogP contribution in [0.2, 0.25) is 0 Å². The molecule has 0 unspecified atom stereocenters. The molecule has 0 fully saturated rings. The van der Waals surface area contributed by atoms with E-state index in [2.05, 4.69) is 15.1 Å². The molecule has 0 aliphatic heterocycles. The molecule has 5 nitrogen and oxygen atoms in total. The van der Waals surface area contributed by atoms with Gasteiger partial charge in [-0.15, -0.1) is 0 Å². The van der Waals surface area contributed by atoms with Gasteiger partial charge < -0.3 is 4.98 Å². The summed E-state index contributed by atoms with van der Waals surface area (Å²) in [5.74, 6) is 0.767. The molecular weight excluding hydrogens is 204 g/mol. The second kappa shape index (κ2) is 3.92. The molecular formula is C11H14N4O. The van der Waals surface area contributed by atoms with Gasteiger partial charge in [0.1, 0.15) is 6.33 Å². The number of aromatic nitrogens is 4. The fourth-order valence-corrected chi connectivity index (χ4v) is 1.70. The van der Waals surface area contributed by atoms with Crippen molar-refractivity contribution in [3.63, 3.8) is 0 Å². The molecule has 0 saturated carbocycles. The first kappa shape index (κ1) is 10.6. The summed E-state index contributed by atoms with van der Waals surface area (Å²) in [6, 6.07) is 1.89. The lowest BCUT2D eigenvalue weighted by Gasteiger charge is -2.06. The van der Waals surface area contributed by atoms with Gasteiger partial charge in [-0.05, 0) is 19.4 Å². The van der Waals surface area contributed by atoms with Gasteiger partial charge in [0.2, 0.25) is 0 Å². The highest BCUT2D eigenvalue weighted by Gasteiger charge is 2.10. The molecule has 0 amide bonds. The molecule has 0 radical (unpaired) electrons. The van der Waals surface area contributed by atoms with E-state index in [4.69, 9.17) is 0 Å². The summed E-state index contributed by atoms with van der Waals surface area (Å²) < 4.78 is 1.69. The van der Waals surface area contributed by atoms with Crippen LogP contribution in [-0.4, -0.2) is 19.7 Å². The maximum atomic E-state index is 11.6. The number of nitrogens with zero attached hydrogens (tertiary/aromatic N) is 3. The molecule has 2 aromatic heterocycles. The Morgan fingerprint density at radius 1 is 1.50 bits per heavy atom. The minimum absolute atomic E-state index is 0.0223. The standard InChI is InChI=1S/C11H14N4O/c1-4-8-5-9(7(2)14-11(8)16)10-12-6-13-15(10)3/h5-6H,4H2,1-3H3,(H,14,16). The van der Waals surface area contributed by atoms with Crippen molar-refractivity contribution in [2.24, 2.45) is 7.05 Å². The van der Waals surface area contributed by atoms with Crippen LogP contribution in [0.1, 0.15) is 18.2 Å². The van der Waals surface area contributed by atoms with Gasteiger partial charge in [0, 0.05) is 23.9 Å². The molecule has 84 valence electrons. The molecule has 2 aromatic rings. The molecule has 0 aliphatic rings. The summed E-state index contributed by atoms with van der Waals surface area (Å²) in [5.41, 5.74) is 2.49. The Morgan fingerprint density at radius 2 is 2.25 bits per heavy atom. The zero-order chi connectivity index (χ0) is 11.7. The molecule has 2 heterocycles. The van der Waals surface area contributed by atoms with Crippen molar-refractivity contribution in [3.05, 3.63) is 34.0 Å². The van der Waals surface area contributed by atoms with E-state index in [1.54, 1.807) is 4.68 Å². The van der Waals surface area contributed by atoms with E-state index in [1.807, 2.05) is 27.0 Å². The molecule has 0 bridgehead atoms. The molecule has 0 aromatic carbocycles. The first-order valence-corrected chi connectivity index (χ1v) is 5.20. The third-order valence-corrected chi connectivity index (χ3v) is 2.65. The monoisotopic (exact) mass is 218 g/mol. The smallest absolute Gasteiger partial charge is 0.251 e. The first-order valence-electron chi connectivity index (χ1n) is 5.20. The lowest BCUT2D eigenvalue weighted by atomic mass is 10.1. The van der Waals surface area contributed by atoms with E-state index in [1.165, 1.54) is 6.33 Å². The van der Waals surface area contributed by atoms with Crippen LogP contribution in [0.25, 0.3) is 11.4 Å². The highest BCUT2D eigenvalue weighted by atomic mass is 16.1. The Labute approximate surface area is 93.2 Å².